The molecule has 0 unspecified atom stereocenters. The Hall–Kier alpha value is -3.41. The molecular weight excluding hydrogens is 338 g/mol. The van der Waals surface area contributed by atoms with Gasteiger partial charge in [0, 0.05) is 60.8 Å². The van der Waals surface area contributed by atoms with Crippen molar-refractivity contribution in [3.8, 4) is 11.3 Å². The first kappa shape index (κ1) is 15.8. The summed E-state index contributed by atoms with van der Waals surface area (Å²) >= 11 is 0. The molecule has 0 atom stereocenters. The van der Waals surface area contributed by atoms with E-state index in [1.54, 1.807) is 23.0 Å². The summed E-state index contributed by atoms with van der Waals surface area (Å²) in [5.41, 5.74) is 4.06. The average Bonchev–Trinajstić information content (AvgIpc) is 3.31. The predicted molar refractivity (Wildman–Crippen MR) is 106 cm³/mol. The first-order valence-electron chi connectivity index (χ1n) is 9.12. The Morgan fingerprint density at radius 2 is 1.93 bits per heavy atom. The molecule has 6 nitrogen and oxygen atoms in total. The number of aromatic nitrogens is 4. The second kappa shape index (κ2) is 6.39. The van der Waals surface area contributed by atoms with Gasteiger partial charge in [-0.25, -0.2) is 4.98 Å². The molecule has 1 aliphatic rings. The van der Waals surface area contributed by atoms with E-state index in [4.69, 9.17) is 4.98 Å². The van der Waals surface area contributed by atoms with Crippen LogP contribution in [0.2, 0.25) is 0 Å². The van der Waals surface area contributed by atoms with Crippen molar-refractivity contribution in [2.45, 2.75) is 13.0 Å². The summed E-state index contributed by atoms with van der Waals surface area (Å²) in [6.07, 6.45) is 6.42. The van der Waals surface area contributed by atoms with Crippen LogP contribution in [0.15, 0.2) is 65.8 Å². The Kier molecular flexibility index (Phi) is 3.74. The lowest BCUT2D eigenvalue weighted by Gasteiger charge is -2.17. The van der Waals surface area contributed by atoms with Gasteiger partial charge in [0.1, 0.15) is 0 Å². The van der Waals surface area contributed by atoms with Gasteiger partial charge in [0.05, 0.1) is 5.69 Å². The van der Waals surface area contributed by atoms with Crippen molar-refractivity contribution >= 4 is 16.9 Å². The van der Waals surface area contributed by atoms with Crippen molar-refractivity contribution in [2.75, 3.05) is 18.0 Å². The first-order valence-corrected chi connectivity index (χ1v) is 9.12. The molecule has 0 fully saturated rings. The van der Waals surface area contributed by atoms with Crippen molar-refractivity contribution in [1.82, 2.24) is 19.5 Å². The van der Waals surface area contributed by atoms with Crippen LogP contribution >= 0.6 is 0 Å². The number of hydrogen-bond donors (Lipinski definition) is 1. The average molecular weight is 357 g/mol. The number of aromatic amines is 1. The maximum Gasteiger partial charge on any atom is 0.255 e. The number of pyridine rings is 1. The van der Waals surface area contributed by atoms with E-state index in [9.17, 15) is 4.79 Å². The van der Waals surface area contributed by atoms with E-state index in [-0.39, 0.29) is 5.56 Å². The molecule has 0 aliphatic carbocycles. The van der Waals surface area contributed by atoms with Gasteiger partial charge in [0.15, 0.2) is 0 Å². The summed E-state index contributed by atoms with van der Waals surface area (Å²) in [6.45, 7) is 2.32. The van der Waals surface area contributed by atoms with Crippen LogP contribution in [0, 0.1) is 0 Å². The van der Waals surface area contributed by atoms with Gasteiger partial charge in [-0.1, -0.05) is 18.2 Å². The van der Waals surface area contributed by atoms with Gasteiger partial charge in [-0.15, -0.1) is 0 Å². The third kappa shape index (κ3) is 2.79. The number of H-pyrrole nitrogens is 1. The van der Waals surface area contributed by atoms with E-state index >= 15 is 0 Å². The number of benzene rings is 1. The highest BCUT2D eigenvalue weighted by molar-refractivity contribution is 5.83. The highest BCUT2D eigenvalue weighted by Gasteiger charge is 2.22. The minimum Gasteiger partial charge on any atom is -0.361 e. The summed E-state index contributed by atoms with van der Waals surface area (Å²) in [5, 5.41) is 1.26. The van der Waals surface area contributed by atoms with Crippen LogP contribution in [0.5, 0.6) is 0 Å². The highest BCUT2D eigenvalue weighted by atomic mass is 16.1. The lowest BCUT2D eigenvalue weighted by molar-refractivity contribution is 0.746. The lowest BCUT2D eigenvalue weighted by Crippen LogP contribution is -2.25. The largest absolute Gasteiger partial charge is 0.361 e. The van der Waals surface area contributed by atoms with Gasteiger partial charge >= 0.3 is 0 Å². The molecule has 134 valence electrons. The fourth-order valence-electron chi connectivity index (χ4n) is 3.74. The van der Waals surface area contributed by atoms with Gasteiger partial charge in [-0.2, -0.15) is 0 Å². The van der Waals surface area contributed by atoms with Gasteiger partial charge in [0.25, 0.3) is 5.56 Å². The van der Waals surface area contributed by atoms with Crippen LogP contribution in [0.25, 0.3) is 22.2 Å². The molecule has 1 N–H and O–H groups in total. The Labute approximate surface area is 156 Å². The molecule has 5 rings (SSSR count). The molecule has 4 aromatic rings. The standard InChI is InChI=1S/C21H19N5O/c27-20-13-19(15-5-8-22-9-6-15)24-21-25(11-12-26(20)21)10-7-16-14-23-18-4-2-1-3-17(16)18/h1-6,8-9,13-14,23H,7,10-12H2. The number of nitrogens with one attached hydrogen (secondary N) is 1. The number of hydrogen-bond acceptors (Lipinski definition) is 4. The van der Waals surface area contributed by atoms with E-state index < -0.39 is 0 Å². The van der Waals surface area contributed by atoms with Crippen LogP contribution in [0.1, 0.15) is 5.56 Å². The van der Waals surface area contributed by atoms with Crippen LogP contribution in [-0.2, 0) is 13.0 Å². The van der Waals surface area contributed by atoms with Gasteiger partial charge in [-0.05, 0) is 30.2 Å². The maximum absolute atomic E-state index is 12.5. The van der Waals surface area contributed by atoms with Crippen LogP contribution < -0.4 is 10.5 Å². The van der Waals surface area contributed by atoms with Crippen molar-refractivity contribution in [3.63, 3.8) is 0 Å². The lowest BCUT2D eigenvalue weighted by atomic mass is 10.1. The van der Waals surface area contributed by atoms with E-state index in [0.717, 1.165) is 36.5 Å². The molecule has 0 saturated heterocycles. The first-order chi connectivity index (χ1) is 13.3. The summed E-state index contributed by atoms with van der Waals surface area (Å²) < 4.78 is 1.76. The molecule has 0 spiro atoms. The predicted octanol–water partition coefficient (Wildman–Crippen LogP) is 2.85. The quantitative estimate of drug-likeness (QED) is 0.610. The summed E-state index contributed by atoms with van der Waals surface area (Å²) in [4.78, 5) is 26.9. The van der Waals surface area contributed by atoms with Crippen LogP contribution in [-0.4, -0.2) is 32.6 Å². The zero-order valence-electron chi connectivity index (χ0n) is 14.8. The van der Waals surface area contributed by atoms with Gasteiger partial charge < -0.3 is 9.88 Å². The fraction of sp³-hybridized carbons (Fsp3) is 0.190. The van der Waals surface area contributed by atoms with Crippen molar-refractivity contribution in [1.29, 1.82) is 0 Å². The molecule has 27 heavy (non-hydrogen) atoms. The van der Waals surface area contributed by atoms with Gasteiger partial charge in [0.2, 0.25) is 5.95 Å². The molecule has 0 saturated carbocycles. The monoisotopic (exact) mass is 357 g/mol. The van der Waals surface area contributed by atoms with Crippen LogP contribution in [0.4, 0.5) is 5.95 Å². The molecule has 1 aromatic carbocycles. The number of fused-ring (bicyclic) bond motifs is 2. The molecule has 4 heterocycles. The van der Waals surface area contributed by atoms with Crippen molar-refractivity contribution < 1.29 is 0 Å². The third-order valence-electron chi connectivity index (χ3n) is 5.17. The number of para-hydroxylation sites is 1. The van der Waals surface area contributed by atoms with Gasteiger partial charge in [-0.3, -0.25) is 14.3 Å². The Morgan fingerprint density at radius 1 is 1.07 bits per heavy atom. The number of anilines is 1. The Balaban J connectivity index is 1.44. The zero-order chi connectivity index (χ0) is 18.2. The van der Waals surface area contributed by atoms with Crippen LogP contribution in [0.3, 0.4) is 0 Å². The maximum atomic E-state index is 12.5. The third-order valence-corrected chi connectivity index (χ3v) is 5.17. The summed E-state index contributed by atoms with van der Waals surface area (Å²) in [5.74, 6) is 0.758. The fourth-order valence-corrected chi connectivity index (χ4v) is 3.74. The number of rotatable bonds is 4. The summed E-state index contributed by atoms with van der Waals surface area (Å²) in [7, 11) is 0. The van der Waals surface area contributed by atoms with Crippen molar-refractivity contribution in [3.05, 3.63) is 77.0 Å². The molecular formula is C21H19N5O. The van der Waals surface area contributed by atoms with E-state index in [1.807, 2.05) is 18.2 Å². The SMILES string of the molecule is O=c1cc(-c2ccncc2)nc2n1CCN2CCc1c[nH]c2ccccc12. The van der Waals surface area contributed by atoms with Crippen molar-refractivity contribution in [2.24, 2.45) is 0 Å². The minimum atomic E-state index is 0.00130. The van der Waals surface area contributed by atoms with E-state index in [1.165, 1.54) is 10.9 Å². The summed E-state index contributed by atoms with van der Waals surface area (Å²) in [6, 6.07) is 13.7. The molecule has 0 bridgehead atoms. The normalized spacial score (nSPS) is 13.3. The number of nitrogens with zero attached hydrogens (tertiary/aromatic N) is 4. The molecule has 0 radical (unpaired) electrons. The van der Waals surface area contributed by atoms with E-state index in [0.29, 0.717) is 12.2 Å². The Morgan fingerprint density at radius 3 is 2.81 bits per heavy atom. The van der Waals surface area contributed by atoms with E-state index in [2.05, 4.69) is 39.3 Å². The topological polar surface area (TPSA) is 66.8 Å². The second-order valence-corrected chi connectivity index (χ2v) is 6.76. The zero-order valence-corrected chi connectivity index (χ0v) is 14.8. The minimum absolute atomic E-state index is 0.00130. The molecule has 1 aliphatic heterocycles. The molecule has 6 heteroatoms. The molecule has 0 amide bonds. The second-order valence-electron chi connectivity index (χ2n) is 6.76. The Bertz CT molecular complexity index is 1160. The smallest absolute Gasteiger partial charge is 0.255 e. The highest BCUT2D eigenvalue weighted by Crippen LogP contribution is 2.23. The molecule has 3 aromatic heterocycles.